The molecule has 0 spiro atoms. The summed E-state index contributed by atoms with van der Waals surface area (Å²) in [5.41, 5.74) is 1.86. The lowest BCUT2D eigenvalue weighted by Gasteiger charge is -2.16. The van der Waals surface area contributed by atoms with Gasteiger partial charge in [0, 0.05) is 16.7 Å². The average Bonchev–Trinajstić information content (AvgIpc) is 3.44. The van der Waals surface area contributed by atoms with Crippen molar-refractivity contribution >= 4 is 37.5 Å². The fourth-order valence-electron chi connectivity index (χ4n) is 2.93. The Hall–Kier alpha value is -1.96. The number of hydrogen-bond acceptors (Lipinski definition) is 3. The summed E-state index contributed by atoms with van der Waals surface area (Å²) in [6, 6.07) is 14.7. The van der Waals surface area contributed by atoms with Crippen LogP contribution < -0.4 is 10.0 Å². The molecule has 5 nitrogen and oxygen atoms in total. The van der Waals surface area contributed by atoms with Crippen molar-refractivity contribution in [3.63, 3.8) is 0 Å². The van der Waals surface area contributed by atoms with Crippen molar-refractivity contribution in [2.24, 2.45) is 0 Å². The molecule has 3 rings (SSSR count). The predicted molar refractivity (Wildman–Crippen MR) is 111 cm³/mol. The van der Waals surface area contributed by atoms with Gasteiger partial charge in [-0.05, 0) is 48.2 Å². The van der Waals surface area contributed by atoms with E-state index in [0.29, 0.717) is 11.3 Å². The summed E-state index contributed by atoms with van der Waals surface area (Å²) in [4.78, 5) is 12.8. The third-order valence-corrected chi connectivity index (χ3v) is 6.45. The number of nitrogens with one attached hydrogen (secondary N) is 2. The van der Waals surface area contributed by atoms with Gasteiger partial charge in [0.1, 0.15) is 0 Å². The molecule has 1 aliphatic carbocycles. The predicted octanol–water partition coefficient (Wildman–Crippen LogP) is 3.72. The van der Waals surface area contributed by atoms with E-state index in [2.05, 4.69) is 32.5 Å². The number of halogens is 1. The van der Waals surface area contributed by atoms with Crippen molar-refractivity contribution in [3.8, 4) is 0 Å². The van der Waals surface area contributed by atoms with Gasteiger partial charge in [0.15, 0.2) is 0 Å². The molecule has 1 amide bonds. The monoisotopic (exact) mass is 448 g/mol. The molecule has 1 saturated carbocycles. The Balaban J connectivity index is 1.65. The number of anilines is 1. The Morgan fingerprint density at radius 3 is 2.30 bits per heavy atom. The Labute approximate surface area is 168 Å². The molecule has 0 aliphatic heterocycles. The number of amides is 1. The van der Waals surface area contributed by atoms with Crippen LogP contribution in [0, 0.1) is 0 Å². The number of hydrogen-bond donors (Lipinski definition) is 2. The first-order valence-electron chi connectivity index (χ1n) is 8.59. The second-order valence-corrected chi connectivity index (χ2v) is 9.36. The van der Waals surface area contributed by atoms with Crippen LogP contribution in [0.25, 0.3) is 0 Å². The maximum Gasteiger partial charge on any atom is 0.235 e. The molecule has 7 heteroatoms. The summed E-state index contributed by atoms with van der Waals surface area (Å²) in [7, 11) is -3.40. The van der Waals surface area contributed by atoms with Crippen molar-refractivity contribution < 1.29 is 13.2 Å². The SMILES string of the molecule is C=CCNS(=O)(=O)Cc1ccc(NC(=O)C2(c3ccc(Br)cc3)CC2)cc1. The molecule has 0 aromatic heterocycles. The highest BCUT2D eigenvalue weighted by molar-refractivity contribution is 9.10. The lowest BCUT2D eigenvalue weighted by Crippen LogP contribution is -2.27. The fourth-order valence-corrected chi connectivity index (χ4v) is 4.30. The number of sulfonamides is 1. The fraction of sp³-hybridized carbons (Fsp3) is 0.250. The van der Waals surface area contributed by atoms with Crippen LogP contribution in [-0.4, -0.2) is 20.9 Å². The lowest BCUT2D eigenvalue weighted by molar-refractivity contribution is -0.118. The van der Waals surface area contributed by atoms with Gasteiger partial charge in [-0.3, -0.25) is 4.79 Å². The van der Waals surface area contributed by atoms with Gasteiger partial charge in [-0.2, -0.15) is 0 Å². The van der Waals surface area contributed by atoms with Gasteiger partial charge >= 0.3 is 0 Å². The molecule has 2 aromatic carbocycles. The molecule has 0 bridgehead atoms. The standard InChI is InChI=1S/C20H21BrN2O3S/c1-2-13-22-27(25,26)14-15-3-9-18(10-4-15)23-19(24)20(11-12-20)16-5-7-17(21)8-6-16/h2-10,22H,1,11-14H2,(H,23,24). The van der Waals surface area contributed by atoms with Crippen molar-refractivity contribution in [3.05, 3.63) is 76.8 Å². The molecule has 0 saturated heterocycles. The van der Waals surface area contributed by atoms with E-state index in [1.54, 1.807) is 24.3 Å². The summed E-state index contributed by atoms with van der Waals surface area (Å²) in [5.74, 6) is -0.143. The highest BCUT2D eigenvalue weighted by Crippen LogP contribution is 2.49. The van der Waals surface area contributed by atoms with Crippen molar-refractivity contribution in [2.75, 3.05) is 11.9 Å². The molecular formula is C20H21BrN2O3S. The number of rotatable bonds is 8. The minimum Gasteiger partial charge on any atom is -0.325 e. The lowest BCUT2D eigenvalue weighted by atomic mass is 9.95. The van der Waals surface area contributed by atoms with Crippen LogP contribution in [-0.2, 0) is 26.0 Å². The van der Waals surface area contributed by atoms with Gasteiger partial charge < -0.3 is 5.32 Å². The molecule has 0 atom stereocenters. The quantitative estimate of drug-likeness (QED) is 0.604. The molecule has 0 unspecified atom stereocenters. The van der Waals surface area contributed by atoms with E-state index in [4.69, 9.17) is 0 Å². The van der Waals surface area contributed by atoms with E-state index in [1.165, 1.54) is 6.08 Å². The summed E-state index contributed by atoms with van der Waals surface area (Å²) in [6.07, 6.45) is 3.15. The third kappa shape index (κ3) is 4.86. The van der Waals surface area contributed by atoms with Crippen LogP contribution in [0.2, 0.25) is 0 Å². The summed E-state index contributed by atoms with van der Waals surface area (Å²) < 4.78 is 27.2. The van der Waals surface area contributed by atoms with Crippen LogP contribution in [0.4, 0.5) is 5.69 Å². The van der Waals surface area contributed by atoms with Crippen LogP contribution in [0.5, 0.6) is 0 Å². The Kier molecular flexibility index (Phi) is 5.83. The molecular weight excluding hydrogens is 428 g/mol. The first-order chi connectivity index (χ1) is 12.8. The van der Waals surface area contributed by atoms with Crippen LogP contribution in [0.15, 0.2) is 65.7 Å². The average molecular weight is 449 g/mol. The van der Waals surface area contributed by atoms with E-state index in [-0.39, 0.29) is 18.2 Å². The zero-order valence-corrected chi connectivity index (χ0v) is 17.1. The van der Waals surface area contributed by atoms with Crippen molar-refractivity contribution in [1.29, 1.82) is 0 Å². The Morgan fingerprint density at radius 2 is 1.74 bits per heavy atom. The van der Waals surface area contributed by atoms with Gasteiger partial charge in [-0.1, -0.05) is 46.3 Å². The molecule has 2 aromatic rings. The maximum atomic E-state index is 12.8. The summed E-state index contributed by atoms with van der Waals surface area (Å²) in [5, 5.41) is 2.95. The molecule has 0 radical (unpaired) electrons. The van der Waals surface area contributed by atoms with Gasteiger partial charge in [-0.15, -0.1) is 6.58 Å². The van der Waals surface area contributed by atoms with Gasteiger partial charge in [0.25, 0.3) is 0 Å². The van der Waals surface area contributed by atoms with Gasteiger partial charge in [0.05, 0.1) is 11.2 Å². The third-order valence-electron chi connectivity index (χ3n) is 4.60. The normalized spacial score (nSPS) is 15.1. The van der Waals surface area contributed by atoms with Crippen LogP contribution in [0.3, 0.4) is 0 Å². The Bertz CT molecular complexity index is 934. The minimum absolute atomic E-state index is 0.0298. The number of benzene rings is 2. The Morgan fingerprint density at radius 1 is 1.11 bits per heavy atom. The van der Waals surface area contributed by atoms with Crippen molar-refractivity contribution in [1.82, 2.24) is 4.72 Å². The molecule has 1 fully saturated rings. The van der Waals surface area contributed by atoms with Gasteiger partial charge in [-0.25, -0.2) is 13.1 Å². The minimum atomic E-state index is -3.40. The van der Waals surface area contributed by atoms with Crippen LogP contribution >= 0.6 is 15.9 Å². The zero-order valence-electron chi connectivity index (χ0n) is 14.7. The van der Waals surface area contributed by atoms with E-state index < -0.39 is 15.4 Å². The molecule has 27 heavy (non-hydrogen) atoms. The second kappa shape index (κ2) is 7.96. The highest BCUT2D eigenvalue weighted by Gasteiger charge is 2.51. The van der Waals surface area contributed by atoms with Crippen LogP contribution in [0.1, 0.15) is 24.0 Å². The molecule has 2 N–H and O–H groups in total. The van der Waals surface area contributed by atoms with Crippen molar-refractivity contribution in [2.45, 2.75) is 24.0 Å². The topological polar surface area (TPSA) is 75.3 Å². The number of carbonyl (C=O) groups excluding carboxylic acids is 1. The first kappa shape index (κ1) is 19.8. The molecule has 142 valence electrons. The maximum absolute atomic E-state index is 12.8. The highest BCUT2D eigenvalue weighted by atomic mass is 79.9. The molecule has 0 heterocycles. The van der Waals surface area contributed by atoms with E-state index in [0.717, 1.165) is 22.9 Å². The van der Waals surface area contributed by atoms with E-state index >= 15 is 0 Å². The zero-order chi connectivity index (χ0) is 19.5. The second-order valence-electron chi connectivity index (χ2n) is 6.64. The largest absolute Gasteiger partial charge is 0.325 e. The summed E-state index contributed by atoms with van der Waals surface area (Å²) in [6.45, 7) is 3.69. The summed E-state index contributed by atoms with van der Waals surface area (Å²) >= 11 is 3.41. The number of carbonyl (C=O) groups is 1. The molecule has 1 aliphatic rings. The first-order valence-corrected chi connectivity index (χ1v) is 11.0. The van der Waals surface area contributed by atoms with E-state index in [1.807, 2.05) is 24.3 Å². The van der Waals surface area contributed by atoms with E-state index in [9.17, 15) is 13.2 Å². The van der Waals surface area contributed by atoms with Gasteiger partial charge in [0.2, 0.25) is 15.9 Å². The smallest absolute Gasteiger partial charge is 0.235 e.